The van der Waals surface area contributed by atoms with Gasteiger partial charge in [0.1, 0.15) is 0 Å². The molecule has 0 radical (unpaired) electrons. The molecule has 1 N–H and O–H groups in total. The van der Waals surface area contributed by atoms with Crippen molar-refractivity contribution in [1.29, 1.82) is 0 Å². The van der Waals surface area contributed by atoms with Gasteiger partial charge in [0.2, 0.25) is 0 Å². The van der Waals surface area contributed by atoms with Crippen molar-refractivity contribution in [2.75, 3.05) is 0 Å². The summed E-state index contributed by atoms with van der Waals surface area (Å²) in [5.74, 6) is -0.441. The number of hydrogen-bond donors (Lipinski definition) is 1. The predicted octanol–water partition coefficient (Wildman–Crippen LogP) is 3.23. The molecule has 0 saturated heterocycles. The fourth-order valence-electron chi connectivity index (χ4n) is 2.36. The summed E-state index contributed by atoms with van der Waals surface area (Å²) in [5, 5.41) is 0.664. The van der Waals surface area contributed by atoms with Crippen LogP contribution in [0, 0.1) is 0 Å². The second-order valence-corrected chi connectivity index (χ2v) is 5.05. The molecule has 118 valence electrons. The van der Waals surface area contributed by atoms with Crippen LogP contribution in [-0.4, -0.2) is 15.3 Å². The average molecular weight is 320 g/mol. The minimum Gasteiger partial charge on any atom is -0.360 e. The molecule has 3 aromatic rings. The van der Waals surface area contributed by atoms with E-state index >= 15 is 0 Å². The molecular weight excluding hydrogens is 309 g/mol. The molecular formula is C16H11F3N2O2. The van der Waals surface area contributed by atoms with Crippen LogP contribution in [0.5, 0.6) is 0 Å². The van der Waals surface area contributed by atoms with E-state index < -0.39 is 29.6 Å². The maximum absolute atomic E-state index is 12.7. The molecule has 2 aromatic heterocycles. The Balaban J connectivity index is 1.96. The van der Waals surface area contributed by atoms with Crippen LogP contribution >= 0.6 is 0 Å². The van der Waals surface area contributed by atoms with E-state index in [0.717, 1.165) is 16.2 Å². The van der Waals surface area contributed by atoms with Crippen LogP contribution in [0.2, 0.25) is 0 Å². The third kappa shape index (κ3) is 2.90. The maximum Gasteiger partial charge on any atom is 0.417 e. The zero-order valence-electron chi connectivity index (χ0n) is 11.7. The van der Waals surface area contributed by atoms with E-state index in [9.17, 15) is 22.8 Å². The molecule has 0 amide bonds. The van der Waals surface area contributed by atoms with Crippen LogP contribution in [0.4, 0.5) is 13.2 Å². The van der Waals surface area contributed by atoms with Gasteiger partial charge in [0, 0.05) is 34.9 Å². The van der Waals surface area contributed by atoms with E-state index in [1.165, 1.54) is 6.20 Å². The first-order chi connectivity index (χ1) is 10.9. The molecule has 2 heterocycles. The van der Waals surface area contributed by atoms with Crippen LogP contribution in [0.3, 0.4) is 0 Å². The Hall–Kier alpha value is -2.83. The number of Topliss-reactive ketones (excluding diaryl/α,β-unsaturated/α-hetero) is 1. The Morgan fingerprint density at radius 3 is 2.61 bits per heavy atom. The molecule has 23 heavy (non-hydrogen) atoms. The molecule has 0 aliphatic carbocycles. The Kier molecular flexibility index (Phi) is 3.55. The molecule has 0 aliphatic heterocycles. The SMILES string of the molecule is O=C(Cn1cc(C(F)(F)F)ccc1=O)c1c[nH]c2ccccc12. The number of para-hydroxylation sites is 1. The van der Waals surface area contributed by atoms with Gasteiger partial charge in [0.25, 0.3) is 5.56 Å². The quantitative estimate of drug-likeness (QED) is 0.753. The number of nitrogens with one attached hydrogen (secondary N) is 1. The number of H-pyrrole nitrogens is 1. The summed E-state index contributed by atoms with van der Waals surface area (Å²) in [7, 11) is 0. The van der Waals surface area contributed by atoms with Gasteiger partial charge in [-0.25, -0.2) is 0 Å². The molecule has 0 aliphatic rings. The van der Waals surface area contributed by atoms with Gasteiger partial charge < -0.3 is 9.55 Å². The molecule has 0 fully saturated rings. The highest BCUT2D eigenvalue weighted by Crippen LogP contribution is 2.28. The molecule has 7 heteroatoms. The van der Waals surface area contributed by atoms with E-state index in [2.05, 4.69) is 4.98 Å². The van der Waals surface area contributed by atoms with Crippen molar-refractivity contribution < 1.29 is 18.0 Å². The fraction of sp³-hybridized carbons (Fsp3) is 0.125. The van der Waals surface area contributed by atoms with Gasteiger partial charge in [0.05, 0.1) is 12.1 Å². The highest BCUT2D eigenvalue weighted by molar-refractivity contribution is 6.07. The molecule has 0 bridgehead atoms. The van der Waals surface area contributed by atoms with E-state index in [0.29, 0.717) is 23.2 Å². The molecule has 0 spiro atoms. The zero-order chi connectivity index (χ0) is 16.6. The number of nitrogens with zero attached hydrogens (tertiary/aromatic N) is 1. The lowest BCUT2D eigenvalue weighted by Gasteiger charge is -2.10. The lowest BCUT2D eigenvalue weighted by molar-refractivity contribution is -0.138. The van der Waals surface area contributed by atoms with Gasteiger partial charge in [-0.3, -0.25) is 9.59 Å². The number of aromatic nitrogens is 2. The number of benzene rings is 1. The Bertz CT molecular complexity index is 938. The van der Waals surface area contributed by atoms with Crippen molar-refractivity contribution in [2.45, 2.75) is 12.7 Å². The summed E-state index contributed by atoms with van der Waals surface area (Å²) in [6.07, 6.45) is -2.42. The zero-order valence-corrected chi connectivity index (χ0v) is 11.7. The smallest absolute Gasteiger partial charge is 0.360 e. The van der Waals surface area contributed by atoms with Gasteiger partial charge in [-0.05, 0) is 12.1 Å². The molecule has 0 unspecified atom stereocenters. The van der Waals surface area contributed by atoms with Crippen molar-refractivity contribution in [3.63, 3.8) is 0 Å². The second-order valence-electron chi connectivity index (χ2n) is 5.05. The third-order valence-corrected chi connectivity index (χ3v) is 3.51. The largest absolute Gasteiger partial charge is 0.417 e. The first-order valence-electron chi connectivity index (χ1n) is 6.73. The monoisotopic (exact) mass is 320 g/mol. The first kappa shape index (κ1) is 15.1. The molecule has 1 aromatic carbocycles. The van der Waals surface area contributed by atoms with Crippen LogP contribution in [0.15, 0.2) is 53.6 Å². The number of aromatic amines is 1. The number of carbonyl (C=O) groups excluding carboxylic acids is 1. The lowest BCUT2D eigenvalue weighted by atomic mass is 10.1. The van der Waals surface area contributed by atoms with Crippen molar-refractivity contribution in [3.8, 4) is 0 Å². The second kappa shape index (κ2) is 5.42. The minimum absolute atomic E-state index is 0.338. The van der Waals surface area contributed by atoms with Crippen molar-refractivity contribution in [1.82, 2.24) is 9.55 Å². The third-order valence-electron chi connectivity index (χ3n) is 3.51. The number of ketones is 1. The number of halogens is 3. The lowest BCUT2D eigenvalue weighted by Crippen LogP contribution is -2.25. The number of rotatable bonds is 3. The number of fused-ring (bicyclic) bond motifs is 1. The number of carbonyl (C=O) groups is 1. The molecule has 0 atom stereocenters. The summed E-state index contributed by atoms with van der Waals surface area (Å²) in [4.78, 5) is 27.0. The van der Waals surface area contributed by atoms with E-state index in [1.807, 2.05) is 0 Å². The molecule has 4 nitrogen and oxygen atoms in total. The van der Waals surface area contributed by atoms with Crippen molar-refractivity contribution >= 4 is 16.7 Å². The summed E-state index contributed by atoms with van der Waals surface area (Å²) in [5.41, 5.74) is -0.549. The van der Waals surface area contributed by atoms with Crippen LogP contribution < -0.4 is 5.56 Å². The number of hydrogen-bond acceptors (Lipinski definition) is 2. The Labute approximate surface area is 128 Å². The average Bonchev–Trinajstić information content (AvgIpc) is 2.92. The van der Waals surface area contributed by atoms with Crippen molar-refractivity contribution in [2.24, 2.45) is 0 Å². The van der Waals surface area contributed by atoms with Gasteiger partial charge in [-0.1, -0.05) is 18.2 Å². The topological polar surface area (TPSA) is 54.9 Å². The van der Waals surface area contributed by atoms with Gasteiger partial charge in [-0.15, -0.1) is 0 Å². The standard InChI is InChI=1S/C16H11F3N2O2/c17-16(18,19)10-5-6-15(23)21(8-10)9-14(22)12-7-20-13-4-2-1-3-11(12)13/h1-8,20H,9H2. The van der Waals surface area contributed by atoms with E-state index in [1.54, 1.807) is 24.3 Å². The maximum atomic E-state index is 12.7. The highest BCUT2D eigenvalue weighted by atomic mass is 19.4. The molecule has 0 saturated carbocycles. The van der Waals surface area contributed by atoms with E-state index in [-0.39, 0.29) is 0 Å². The Morgan fingerprint density at radius 1 is 1.13 bits per heavy atom. The number of pyridine rings is 1. The highest BCUT2D eigenvalue weighted by Gasteiger charge is 2.31. The van der Waals surface area contributed by atoms with Crippen LogP contribution in [0.25, 0.3) is 10.9 Å². The summed E-state index contributed by atoms with van der Waals surface area (Å²) < 4.78 is 38.9. The summed E-state index contributed by atoms with van der Waals surface area (Å²) >= 11 is 0. The summed E-state index contributed by atoms with van der Waals surface area (Å²) in [6, 6.07) is 8.57. The predicted molar refractivity (Wildman–Crippen MR) is 78.3 cm³/mol. The minimum atomic E-state index is -4.57. The molecule has 3 rings (SSSR count). The van der Waals surface area contributed by atoms with Gasteiger partial charge in [0.15, 0.2) is 5.78 Å². The first-order valence-corrected chi connectivity index (χ1v) is 6.73. The van der Waals surface area contributed by atoms with Gasteiger partial charge in [-0.2, -0.15) is 13.2 Å². The van der Waals surface area contributed by atoms with Crippen LogP contribution in [-0.2, 0) is 12.7 Å². The van der Waals surface area contributed by atoms with E-state index in [4.69, 9.17) is 0 Å². The normalized spacial score (nSPS) is 11.8. The van der Waals surface area contributed by atoms with Gasteiger partial charge >= 0.3 is 6.18 Å². The number of alkyl halides is 3. The summed E-state index contributed by atoms with van der Waals surface area (Å²) in [6.45, 7) is -0.454. The fourth-order valence-corrected chi connectivity index (χ4v) is 2.36. The Morgan fingerprint density at radius 2 is 1.87 bits per heavy atom. The van der Waals surface area contributed by atoms with Crippen LogP contribution in [0.1, 0.15) is 15.9 Å². The van der Waals surface area contributed by atoms with Crippen molar-refractivity contribution in [3.05, 3.63) is 70.3 Å².